The third-order valence-corrected chi connectivity index (χ3v) is 4.61. The first kappa shape index (κ1) is 16.5. The summed E-state index contributed by atoms with van der Waals surface area (Å²) in [5.74, 6) is 0.827. The van der Waals surface area contributed by atoms with Crippen LogP contribution in [-0.4, -0.2) is 44.1 Å². The molecule has 4 nitrogen and oxygen atoms in total. The summed E-state index contributed by atoms with van der Waals surface area (Å²) in [4.78, 5) is 16.1. The maximum absolute atomic E-state index is 12.6. The van der Waals surface area contributed by atoms with Crippen LogP contribution in [0.1, 0.15) is 21.5 Å². The van der Waals surface area contributed by atoms with Gasteiger partial charge in [-0.15, -0.1) is 0 Å². The molecule has 3 rings (SSSR count). The van der Waals surface area contributed by atoms with Crippen molar-refractivity contribution in [3.8, 4) is 5.75 Å². The van der Waals surface area contributed by atoms with E-state index in [1.807, 2.05) is 29.2 Å². The second-order valence-corrected chi connectivity index (χ2v) is 6.44. The summed E-state index contributed by atoms with van der Waals surface area (Å²) in [6, 6.07) is 16.1. The Morgan fingerprint density at radius 2 is 1.88 bits per heavy atom. The van der Waals surface area contributed by atoms with E-state index in [0.29, 0.717) is 5.56 Å². The van der Waals surface area contributed by atoms with Crippen molar-refractivity contribution in [3.05, 3.63) is 65.2 Å². The molecule has 2 aromatic rings. The summed E-state index contributed by atoms with van der Waals surface area (Å²) in [5, 5.41) is 0. The number of rotatable bonds is 4. The zero-order chi connectivity index (χ0) is 16.9. The fraction of sp³-hybridized carbons (Fsp3) is 0.350. The van der Waals surface area contributed by atoms with Gasteiger partial charge in [-0.2, -0.15) is 0 Å². The van der Waals surface area contributed by atoms with E-state index in [9.17, 15) is 4.79 Å². The van der Waals surface area contributed by atoms with Crippen molar-refractivity contribution in [2.24, 2.45) is 0 Å². The number of hydrogen-bond acceptors (Lipinski definition) is 2. The Morgan fingerprint density at radius 1 is 1.12 bits per heavy atom. The Kier molecular flexibility index (Phi) is 5.16. The van der Waals surface area contributed by atoms with Crippen molar-refractivity contribution >= 4 is 5.91 Å². The molecule has 1 aliphatic rings. The van der Waals surface area contributed by atoms with Crippen molar-refractivity contribution in [2.75, 3.05) is 33.3 Å². The molecule has 1 N–H and O–H groups in total. The molecule has 0 unspecified atom stereocenters. The Labute approximate surface area is 143 Å². The molecule has 1 heterocycles. The van der Waals surface area contributed by atoms with Crippen LogP contribution in [0.2, 0.25) is 0 Å². The summed E-state index contributed by atoms with van der Waals surface area (Å²) >= 11 is 0. The number of hydrogen-bond donors (Lipinski definition) is 1. The summed E-state index contributed by atoms with van der Waals surface area (Å²) in [7, 11) is 1.62. The predicted molar refractivity (Wildman–Crippen MR) is 94.5 cm³/mol. The lowest BCUT2D eigenvalue weighted by Gasteiger charge is -2.32. The predicted octanol–water partition coefficient (Wildman–Crippen LogP) is 1.54. The van der Waals surface area contributed by atoms with Crippen LogP contribution >= 0.6 is 0 Å². The zero-order valence-corrected chi connectivity index (χ0v) is 14.4. The van der Waals surface area contributed by atoms with E-state index in [0.717, 1.165) is 38.5 Å². The Balaban J connectivity index is 1.57. The van der Waals surface area contributed by atoms with Gasteiger partial charge in [0, 0.05) is 11.1 Å². The van der Waals surface area contributed by atoms with Crippen molar-refractivity contribution < 1.29 is 14.4 Å². The average molecular weight is 325 g/mol. The first-order chi connectivity index (χ1) is 11.7. The van der Waals surface area contributed by atoms with Crippen molar-refractivity contribution in [3.63, 3.8) is 0 Å². The van der Waals surface area contributed by atoms with Crippen LogP contribution in [0.5, 0.6) is 5.75 Å². The van der Waals surface area contributed by atoms with Gasteiger partial charge in [0.1, 0.15) is 12.3 Å². The third-order valence-electron chi connectivity index (χ3n) is 4.61. The molecule has 1 amide bonds. The molecule has 0 bridgehead atoms. The van der Waals surface area contributed by atoms with E-state index in [4.69, 9.17) is 4.74 Å². The van der Waals surface area contributed by atoms with E-state index in [-0.39, 0.29) is 5.91 Å². The Bertz CT molecular complexity index is 706. The number of methoxy groups -OCH3 is 1. The molecule has 1 aliphatic heterocycles. The monoisotopic (exact) mass is 325 g/mol. The molecule has 1 saturated heterocycles. The molecular weight excluding hydrogens is 300 g/mol. The molecule has 0 radical (unpaired) electrons. The molecule has 0 saturated carbocycles. The van der Waals surface area contributed by atoms with Gasteiger partial charge in [-0.1, -0.05) is 35.9 Å². The summed E-state index contributed by atoms with van der Waals surface area (Å²) in [6.45, 7) is 6.74. The number of quaternary nitrogens is 1. The number of carbonyl (C=O) groups is 1. The van der Waals surface area contributed by atoms with Crippen LogP contribution < -0.4 is 9.64 Å². The normalized spacial score (nSPS) is 15.3. The van der Waals surface area contributed by atoms with Gasteiger partial charge in [0.05, 0.1) is 33.3 Å². The van der Waals surface area contributed by atoms with Crippen molar-refractivity contribution in [2.45, 2.75) is 13.5 Å². The summed E-state index contributed by atoms with van der Waals surface area (Å²) in [5.41, 5.74) is 3.38. The number of benzene rings is 2. The highest BCUT2D eigenvalue weighted by Crippen LogP contribution is 2.14. The smallest absolute Gasteiger partial charge is 0.254 e. The van der Waals surface area contributed by atoms with Gasteiger partial charge in [-0.25, -0.2) is 0 Å². The lowest BCUT2D eigenvalue weighted by molar-refractivity contribution is -0.917. The second-order valence-electron chi connectivity index (χ2n) is 6.44. The second kappa shape index (κ2) is 7.49. The van der Waals surface area contributed by atoms with Crippen molar-refractivity contribution in [1.82, 2.24) is 4.90 Å². The summed E-state index contributed by atoms with van der Waals surface area (Å²) in [6.07, 6.45) is 0. The lowest BCUT2D eigenvalue weighted by Crippen LogP contribution is -3.13. The van der Waals surface area contributed by atoms with Gasteiger partial charge < -0.3 is 14.5 Å². The molecule has 126 valence electrons. The summed E-state index contributed by atoms with van der Waals surface area (Å²) < 4.78 is 5.21. The number of aryl methyl sites for hydroxylation is 1. The van der Waals surface area contributed by atoms with Crippen LogP contribution in [0.15, 0.2) is 48.5 Å². The number of ether oxygens (including phenoxy) is 1. The highest BCUT2D eigenvalue weighted by atomic mass is 16.5. The van der Waals surface area contributed by atoms with Gasteiger partial charge >= 0.3 is 0 Å². The van der Waals surface area contributed by atoms with E-state index in [1.165, 1.54) is 16.0 Å². The maximum Gasteiger partial charge on any atom is 0.254 e. The van der Waals surface area contributed by atoms with Crippen LogP contribution in [0, 0.1) is 6.92 Å². The largest absolute Gasteiger partial charge is 0.497 e. The maximum atomic E-state index is 12.6. The molecule has 0 spiro atoms. The van der Waals surface area contributed by atoms with Gasteiger partial charge in [0.25, 0.3) is 5.91 Å². The molecule has 4 heteroatoms. The average Bonchev–Trinajstić information content (AvgIpc) is 2.62. The van der Waals surface area contributed by atoms with E-state index < -0.39 is 0 Å². The minimum absolute atomic E-state index is 0.100. The topological polar surface area (TPSA) is 34.0 Å². The van der Waals surface area contributed by atoms with Crippen LogP contribution in [-0.2, 0) is 6.54 Å². The molecule has 0 aromatic heterocycles. The van der Waals surface area contributed by atoms with Crippen LogP contribution in [0.3, 0.4) is 0 Å². The zero-order valence-electron chi connectivity index (χ0n) is 14.4. The Morgan fingerprint density at radius 3 is 2.58 bits per heavy atom. The number of nitrogens with one attached hydrogen (secondary N) is 1. The van der Waals surface area contributed by atoms with E-state index >= 15 is 0 Å². The minimum atomic E-state index is 0.100. The van der Waals surface area contributed by atoms with Gasteiger partial charge in [0.2, 0.25) is 0 Å². The first-order valence-corrected chi connectivity index (χ1v) is 8.48. The SMILES string of the molecule is COc1cccc(C(=O)N2CC[NH+](Cc3cccc(C)c3)CC2)c1. The minimum Gasteiger partial charge on any atom is -0.497 e. The van der Waals surface area contributed by atoms with Gasteiger partial charge in [-0.05, 0) is 25.1 Å². The standard InChI is InChI=1S/C20H24N2O2/c1-16-5-3-6-17(13-16)15-21-9-11-22(12-10-21)20(23)18-7-4-8-19(14-18)24-2/h3-8,13-14H,9-12,15H2,1-2H3/p+1. The number of carbonyl (C=O) groups excluding carboxylic acids is 1. The van der Waals surface area contributed by atoms with Crippen LogP contribution in [0.25, 0.3) is 0 Å². The van der Waals surface area contributed by atoms with Gasteiger partial charge in [0.15, 0.2) is 0 Å². The van der Waals surface area contributed by atoms with E-state index in [1.54, 1.807) is 7.11 Å². The van der Waals surface area contributed by atoms with Gasteiger partial charge in [-0.3, -0.25) is 4.79 Å². The molecule has 0 aliphatic carbocycles. The molecule has 2 aromatic carbocycles. The third kappa shape index (κ3) is 3.95. The fourth-order valence-electron chi connectivity index (χ4n) is 3.25. The quantitative estimate of drug-likeness (QED) is 0.925. The lowest BCUT2D eigenvalue weighted by atomic mass is 10.1. The number of nitrogens with zero attached hydrogens (tertiary/aromatic N) is 1. The van der Waals surface area contributed by atoms with E-state index in [2.05, 4.69) is 31.2 Å². The van der Waals surface area contributed by atoms with Crippen molar-refractivity contribution in [1.29, 1.82) is 0 Å². The first-order valence-electron chi connectivity index (χ1n) is 8.48. The highest BCUT2D eigenvalue weighted by molar-refractivity contribution is 5.94. The molecule has 24 heavy (non-hydrogen) atoms. The fourth-order valence-corrected chi connectivity index (χ4v) is 3.25. The highest BCUT2D eigenvalue weighted by Gasteiger charge is 2.24. The molecule has 1 fully saturated rings. The molecular formula is C20H25N2O2+. The Hall–Kier alpha value is -2.33. The van der Waals surface area contributed by atoms with Crippen LogP contribution in [0.4, 0.5) is 0 Å². The number of piperazine rings is 1. The number of amides is 1. The molecule has 0 atom stereocenters.